The number of benzene rings is 2. The van der Waals surface area contributed by atoms with E-state index < -0.39 is 22.0 Å². The zero-order valence-corrected chi connectivity index (χ0v) is 14.9. The number of amides is 1. The molecule has 2 aromatic carbocycles. The highest BCUT2D eigenvalue weighted by Gasteiger charge is 2.16. The molecule has 10 heteroatoms. The number of ether oxygens (including phenoxy) is 1. The number of carbonyl (C=O) groups excluding carboxylic acids is 2. The molecule has 0 bridgehead atoms. The Bertz CT molecular complexity index is 918. The van der Waals surface area contributed by atoms with E-state index in [1.165, 1.54) is 31.2 Å². The summed E-state index contributed by atoms with van der Waals surface area (Å²) in [5.41, 5.74) is 0.387. The summed E-state index contributed by atoms with van der Waals surface area (Å²) >= 11 is 11.9. The van der Waals surface area contributed by atoms with E-state index >= 15 is 0 Å². The lowest BCUT2D eigenvalue weighted by Gasteiger charge is -2.10. The minimum Gasteiger partial charge on any atom is -0.424 e. The third-order valence-corrected chi connectivity index (χ3v) is 4.35. The van der Waals surface area contributed by atoms with Crippen LogP contribution in [0.4, 0.5) is 5.69 Å². The summed E-state index contributed by atoms with van der Waals surface area (Å²) in [5, 5.41) is 2.47. The molecule has 0 aliphatic heterocycles. The summed E-state index contributed by atoms with van der Waals surface area (Å²) in [4.78, 5) is 22.9. The van der Waals surface area contributed by atoms with Crippen LogP contribution in [0.3, 0.4) is 0 Å². The average Bonchev–Trinajstić information content (AvgIpc) is 2.50. The fourth-order valence-corrected chi connectivity index (χ4v) is 2.89. The Morgan fingerprint density at radius 2 is 1.60 bits per heavy atom. The van der Waals surface area contributed by atoms with Gasteiger partial charge < -0.3 is 10.1 Å². The molecule has 25 heavy (non-hydrogen) atoms. The molecule has 2 rings (SSSR count). The number of esters is 1. The van der Waals surface area contributed by atoms with Gasteiger partial charge in [0.1, 0.15) is 0 Å². The Morgan fingerprint density at radius 3 is 2.04 bits per heavy atom. The van der Waals surface area contributed by atoms with E-state index in [0.29, 0.717) is 0 Å². The maximum atomic E-state index is 12.2. The van der Waals surface area contributed by atoms with Gasteiger partial charge in [0, 0.05) is 18.2 Å². The monoisotopic (exact) mass is 403 g/mol. The Labute approximate surface area is 153 Å². The Morgan fingerprint density at radius 1 is 1.08 bits per heavy atom. The van der Waals surface area contributed by atoms with Gasteiger partial charge >= 0.3 is 5.97 Å². The highest BCUT2D eigenvalue weighted by atomic mass is 35.5. The number of hydrogen-bond acceptors (Lipinski definition) is 5. The number of nitrogens with one attached hydrogen (secondary N) is 1. The number of rotatable bonds is 4. The zero-order chi connectivity index (χ0) is 18.8. The van der Waals surface area contributed by atoms with Crippen molar-refractivity contribution in [3.05, 3.63) is 52.0 Å². The van der Waals surface area contributed by atoms with Gasteiger partial charge in [0.2, 0.25) is 0 Å². The van der Waals surface area contributed by atoms with Gasteiger partial charge in [-0.3, -0.25) is 14.1 Å². The molecule has 0 aliphatic rings. The van der Waals surface area contributed by atoms with Crippen LogP contribution in [-0.2, 0) is 14.9 Å². The van der Waals surface area contributed by atoms with Crippen LogP contribution >= 0.6 is 23.2 Å². The number of hydrogen-bond donors (Lipinski definition) is 2. The third-order valence-electron chi connectivity index (χ3n) is 2.92. The van der Waals surface area contributed by atoms with Crippen LogP contribution in [0, 0.1) is 0 Å². The smallest absolute Gasteiger partial charge is 0.308 e. The number of carbonyl (C=O) groups is 2. The summed E-state index contributed by atoms with van der Waals surface area (Å²) in [6, 6.07) is 7.42. The van der Waals surface area contributed by atoms with Gasteiger partial charge in [0.25, 0.3) is 16.0 Å². The first-order chi connectivity index (χ1) is 11.6. The van der Waals surface area contributed by atoms with Crippen LogP contribution in [0.2, 0.25) is 10.0 Å². The second kappa shape index (κ2) is 7.40. The van der Waals surface area contributed by atoms with E-state index in [9.17, 15) is 18.0 Å². The highest BCUT2D eigenvalue weighted by Crippen LogP contribution is 2.34. The molecular weight excluding hydrogens is 393 g/mol. The van der Waals surface area contributed by atoms with Crippen molar-refractivity contribution in [2.45, 2.75) is 11.8 Å². The quantitative estimate of drug-likeness (QED) is 0.459. The molecule has 0 saturated heterocycles. The fourth-order valence-electron chi connectivity index (χ4n) is 1.85. The first kappa shape index (κ1) is 19.2. The van der Waals surface area contributed by atoms with E-state index in [1.54, 1.807) is 0 Å². The van der Waals surface area contributed by atoms with Gasteiger partial charge in [-0.1, -0.05) is 23.2 Å². The topological polar surface area (TPSA) is 110 Å². The largest absolute Gasteiger partial charge is 0.424 e. The summed E-state index contributed by atoms with van der Waals surface area (Å²) < 4.78 is 35.7. The SMILES string of the molecule is CC(=O)Oc1c(Cl)cc(C(=O)Nc2ccc(S(=O)(=O)O)cc2)cc1Cl. The van der Waals surface area contributed by atoms with Crippen molar-refractivity contribution in [1.82, 2.24) is 0 Å². The van der Waals surface area contributed by atoms with Crippen molar-refractivity contribution in [3.63, 3.8) is 0 Å². The van der Waals surface area contributed by atoms with Crippen molar-refractivity contribution in [3.8, 4) is 5.75 Å². The highest BCUT2D eigenvalue weighted by molar-refractivity contribution is 7.85. The normalized spacial score (nSPS) is 11.0. The molecule has 0 aliphatic carbocycles. The number of anilines is 1. The van der Waals surface area contributed by atoms with Crippen LogP contribution in [0.1, 0.15) is 17.3 Å². The average molecular weight is 404 g/mol. The first-order valence-electron chi connectivity index (χ1n) is 6.64. The molecule has 0 fully saturated rings. The lowest BCUT2D eigenvalue weighted by molar-refractivity contribution is -0.131. The molecule has 7 nitrogen and oxygen atoms in total. The van der Waals surface area contributed by atoms with E-state index in [-0.39, 0.29) is 31.9 Å². The third kappa shape index (κ3) is 4.93. The molecule has 0 saturated carbocycles. The molecule has 0 aromatic heterocycles. The second-order valence-electron chi connectivity index (χ2n) is 4.82. The van der Waals surface area contributed by atoms with Crippen molar-refractivity contribution < 1.29 is 27.3 Å². The zero-order valence-electron chi connectivity index (χ0n) is 12.6. The van der Waals surface area contributed by atoms with Crippen molar-refractivity contribution in [2.75, 3.05) is 5.32 Å². The molecule has 0 atom stereocenters. The predicted octanol–water partition coefficient (Wildman–Crippen LogP) is 3.42. The van der Waals surface area contributed by atoms with E-state index in [4.69, 9.17) is 32.5 Å². The van der Waals surface area contributed by atoms with Gasteiger partial charge in [-0.25, -0.2) is 0 Å². The molecule has 2 aromatic rings. The Balaban J connectivity index is 2.22. The van der Waals surface area contributed by atoms with E-state index in [0.717, 1.165) is 12.1 Å². The summed E-state index contributed by atoms with van der Waals surface area (Å²) in [5.74, 6) is -1.23. The van der Waals surface area contributed by atoms with Gasteiger partial charge in [-0.05, 0) is 36.4 Å². The first-order valence-corrected chi connectivity index (χ1v) is 8.84. The molecule has 0 unspecified atom stereocenters. The minimum atomic E-state index is -4.32. The maximum absolute atomic E-state index is 12.2. The standard InChI is InChI=1S/C15H11Cl2NO6S/c1-8(19)24-14-12(16)6-9(7-13(14)17)15(20)18-10-2-4-11(5-3-10)25(21,22)23/h2-7H,1H3,(H,18,20)(H,21,22,23). The van der Waals surface area contributed by atoms with E-state index in [2.05, 4.69) is 5.32 Å². The van der Waals surface area contributed by atoms with Crippen molar-refractivity contribution >= 4 is 50.9 Å². The molecule has 0 radical (unpaired) electrons. The molecular formula is C15H11Cl2NO6S. The van der Waals surface area contributed by atoms with Crippen LogP contribution in [0.5, 0.6) is 5.75 Å². The fraction of sp³-hybridized carbons (Fsp3) is 0.0667. The van der Waals surface area contributed by atoms with Gasteiger partial charge in [-0.2, -0.15) is 8.42 Å². The Kier molecular flexibility index (Phi) is 5.69. The summed E-state index contributed by atoms with van der Waals surface area (Å²) in [7, 11) is -4.32. The van der Waals surface area contributed by atoms with Gasteiger partial charge in [-0.15, -0.1) is 0 Å². The predicted molar refractivity (Wildman–Crippen MR) is 92.0 cm³/mol. The Hall–Kier alpha value is -2.13. The molecule has 132 valence electrons. The van der Waals surface area contributed by atoms with Gasteiger partial charge in [0.15, 0.2) is 5.75 Å². The lowest BCUT2D eigenvalue weighted by Crippen LogP contribution is -2.12. The summed E-state index contributed by atoms with van der Waals surface area (Å²) in [6.45, 7) is 1.18. The van der Waals surface area contributed by atoms with E-state index in [1.807, 2.05) is 0 Å². The number of halogens is 2. The molecule has 1 amide bonds. The van der Waals surface area contributed by atoms with Crippen molar-refractivity contribution in [2.24, 2.45) is 0 Å². The van der Waals surface area contributed by atoms with Gasteiger partial charge in [0.05, 0.1) is 14.9 Å². The lowest BCUT2D eigenvalue weighted by atomic mass is 10.2. The maximum Gasteiger partial charge on any atom is 0.308 e. The van der Waals surface area contributed by atoms with Crippen LogP contribution < -0.4 is 10.1 Å². The summed E-state index contributed by atoms with van der Waals surface area (Å²) in [6.07, 6.45) is 0. The molecule has 2 N–H and O–H groups in total. The molecule has 0 spiro atoms. The van der Waals surface area contributed by atoms with Crippen molar-refractivity contribution in [1.29, 1.82) is 0 Å². The molecule has 0 heterocycles. The van der Waals surface area contributed by atoms with Crippen LogP contribution in [-0.4, -0.2) is 24.8 Å². The van der Waals surface area contributed by atoms with Crippen LogP contribution in [0.25, 0.3) is 0 Å². The second-order valence-corrected chi connectivity index (χ2v) is 7.05. The van der Waals surface area contributed by atoms with Crippen LogP contribution in [0.15, 0.2) is 41.3 Å². The minimum absolute atomic E-state index is 0.0189.